The molecule has 0 fully saturated rings. The van der Waals surface area contributed by atoms with Gasteiger partial charge in [-0.15, -0.1) is 0 Å². The number of halogens is 3. The minimum Gasteiger partial charge on any atom is -0.302 e. The van der Waals surface area contributed by atoms with E-state index in [4.69, 9.17) is 0 Å². The average Bonchev–Trinajstić information content (AvgIpc) is 2.45. The third-order valence-corrected chi connectivity index (χ3v) is 2.76. The molecule has 1 aromatic rings. The van der Waals surface area contributed by atoms with Crippen LogP contribution >= 0.6 is 0 Å². The predicted molar refractivity (Wildman–Crippen MR) is 46.9 cm³/mol. The molecule has 16 heavy (non-hydrogen) atoms. The van der Waals surface area contributed by atoms with Gasteiger partial charge in [0.25, 0.3) is 0 Å². The van der Waals surface area contributed by atoms with E-state index in [1.807, 2.05) is 0 Å². The van der Waals surface area contributed by atoms with Crippen molar-refractivity contribution in [3.05, 3.63) is 12.4 Å². The highest BCUT2D eigenvalue weighted by molar-refractivity contribution is 7.87. The highest BCUT2D eigenvalue weighted by Gasteiger charge is 2.50. The van der Waals surface area contributed by atoms with Crippen molar-refractivity contribution in [3.63, 3.8) is 0 Å². The molecule has 0 saturated carbocycles. The molecule has 0 spiro atoms. The molecule has 5 nitrogen and oxygen atoms in total. The molecule has 0 radical (unpaired) electrons. The van der Waals surface area contributed by atoms with Crippen LogP contribution in [0.1, 0.15) is 6.92 Å². The minimum atomic E-state index is -5.62. The van der Waals surface area contributed by atoms with E-state index in [0.717, 1.165) is 4.57 Å². The second kappa shape index (κ2) is 3.96. The number of imidazole rings is 1. The second-order valence-electron chi connectivity index (χ2n) is 2.96. The summed E-state index contributed by atoms with van der Waals surface area (Å²) < 4.78 is 64.1. The first-order valence-corrected chi connectivity index (χ1v) is 5.65. The molecule has 0 amide bonds. The lowest BCUT2D eigenvalue weighted by Crippen LogP contribution is -2.35. The number of hydrogen-bond donors (Lipinski definition) is 0. The first-order valence-electron chi connectivity index (χ1n) is 4.24. The third-order valence-electron chi connectivity index (χ3n) is 1.83. The Morgan fingerprint density at radius 2 is 2.06 bits per heavy atom. The van der Waals surface area contributed by atoms with Crippen molar-refractivity contribution in [2.75, 3.05) is 0 Å². The summed E-state index contributed by atoms with van der Waals surface area (Å²) in [6.45, 7) is 1.94. The number of alkyl halides is 3. The summed E-state index contributed by atoms with van der Waals surface area (Å²) in [6.07, 6.45) is 2.81. The maximum Gasteiger partial charge on any atom is 0.534 e. The van der Waals surface area contributed by atoms with Crippen molar-refractivity contribution in [2.45, 2.75) is 19.0 Å². The SMILES string of the molecule is CCn1cc[n+](C)c1OS(=O)(=O)C(F)(F)F. The zero-order chi connectivity index (χ0) is 12.6. The first-order chi connectivity index (χ1) is 7.19. The van der Waals surface area contributed by atoms with Gasteiger partial charge in [0.2, 0.25) is 0 Å². The lowest BCUT2D eigenvalue weighted by Gasteiger charge is -2.07. The molecule has 9 heteroatoms. The van der Waals surface area contributed by atoms with E-state index in [0.29, 0.717) is 6.54 Å². The summed E-state index contributed by atoms with van der Waals surface area (Å²) in [5, 5.41) is 0. The van der Waals surface area contributed by atoms with Crippen LogP contribution in [-0.2, 0) is 23.7 Å². The maximum atomic E-state index is 12.1. The number of nitrogens with zero attached hydrogens (tertiary/aromatic N) is 2. The van der Waals surface area contributed by atoms with Crippen LogP contribution < -0.4 is 8.75 Å². The Morgan fingerprint density at radius 1 is 1.50 bits per heavy atom. The van der Waals surface area contributed by atoms with Crippen molar-refractivity contribution < 1.29 is 30.3 Å². The summed E-state index contributed by atoms with van der Waals surface area (Å²) in [6, 6.07) is -0.389. The zero-order valence-corrected chi connectivity index (χ0v) is 9.34. The van der Waals surface area contributed by atoms with Crippen LogP contribution in [0.3, 0.4) is 0 Å². The molecule has 0 atom stereocenters. The van der Waals surface area contributed by atoms with Gasteiger partial charge >= 0.3 is 21.6 Å². The largest absolute Gasteiger partial charge is 0.534 e. The third kappa shape index (κ3) is 2.29. The summed E-state index contributed by atoms with van der Waals surface area (Å²) >= 11 is 0. The van der Waals surface area contributed by atoms with Gasteiger partial charge in [-0.2, -0.15) is 30.7 Å². The van der Waals surface area contributed by atoms with Gasteiger partial charge < -0.3 is 4.18 Å². The van der Waals surface area contributed by atoms with E-state index in [1.54, 1.807) is 6.92 Å². The van der Waals surface area contributed by atoms with Gasteiger partial charge in [-0.3, -0.25) is 0 Å². The molecule has 1 rings (SSSR count). The molecule has 0 unspecified atom stereocenters. The van der Waals surface area contributed by atoms with Crippen LogP contribution in [0, 0.1) is 0 Å². The lowest BCUT2D eigenvalue weighted by atomic mass is 10.7. The molecular weight excluding hydrogens is 249 g/mol. The van der Waals surface area contributed by atoms with Crippen LogP contribution in [0.15, 0.2) is 12.4 Å². The summed E-state index contributed by atoms with van der Waals surface area (Å²) in [4.78, 5) is 0. The summed E-state index contributed by atoms with van der Waals surface area (Å²) in [5.74, 6) is 0. The standard InChI is InChI=1S/C7H10F3N2O3S/c1-3-12-5-4-11(2)6(12)15-16(13,14)7(8,9)10/h4-5H,3H2,1-2H3/q+1. The van der Waals surface area contributed by atoms with Crippen LogP contribution in [0.2, 0.25) is 0 Å². The molecule has 0 aromatic carbocycles. The number of rotatable bonds is 3. The van der Waals surface area contributed by atoms with E-state index in [1.165, 1.54) is 24.0 Å². The Balaban J connectivity index is 3.11. The smallest absolute Gasteiger partial charge is 0.302 e. The van der Waals surface area contributed by atoms with Crippen LogP contribution in [0.25, 0.3) is 0 Å². The van der Waals surface area contributed by atoms with E-state index >= 15 is 0 Å². The quantitative estimate of drug-likeness (QED) is 0.453. The maximum absolute atomic E-state index is 12.1. The van der Waals surface area contributed by atoms with Gasteiger partial charge in [0, 0.05) is 0 Å². The Labute approximate surface area is 90.2 Å². The van der Waals surface area contributed by atoms with Crippen molar-refractivity contribution in [1.82, 2.24) is 4.57 Å². The number of aromatic nitrogens is 2. The monoisotopic (exact) mass is 259 g/mol. The van der Waals surface area contributed by atoms with Crippen molar-refractivity contribution in [3.8, 4) is 6.01 Å². The topological polar surface area (TPSA) is 52.2 Å². The minimum absolute atomic E-state index is 0.295. The Morgan fingerprint density at radius 3 is 2.50 bits per heavy atom. The molecule has 0 bridgehead atoms. The van der Waals surface area contributed by atoms with Crippen LogP contribution in [0.4, 0.5) is 13.2 Å². The van der Waals surface area contributed by atoms with Gasteiger partial charge in [0.05, 0.1) is 13.6 Å². The van der Waals surface area contributed by atoms with E-state index in [2.05, 4.69) is 4.18 Å². The molecule has 0 N–H and O–H groups in total. The molecule has 92 valence electrons. The molecule has 1 aromatic heterocycles. The molecule has 0 aliphatic heterocycles. The summed E-state index contributed by atoms with van der Waals surface area (Å²) in [7, 11) is -4.24. The molecule has 1 heterocycles. The molecule has 0 saturated heterocycles. The fourth-order valence-corrected chi connectivity index (χ4v) is 1.51. The Bertz CT molecular complexity index is 478. The lowest BCUT2D eigenvalue weighted by molar-refractivity contribution is -0.674. The van der Waals surface area contributed by atoms with Crippen LogP contribution in [-0.4, -0.2) is 18.5 Å². The molecule has 0 aliphatic rings. The Hall–Kier alpha value is -1.25. The highest BCUT2D eigenvalue weighted by atomic mass is 32.2. The van der Waals surface area contributed by atoms with E-state index in [9.17, 15) is 21.6 Å². The van der Waals surface area contributed by atoms with Crippen molar-refractivity contribution in [2.24, 2.45) is 7.05 Å². The van der Waals surface area contributed by atoms with E-state index < -0.39 is 15.6 Å². The normalized spacial score (nSPS) is 12.8. The molecular formula is C7H10F3N2O3S+. The van der Waals surface area contributed by atoms with Gasteiger partial charge in [-0.1, -0.05) is 0 Å². The van der Waals surface area contributed by atoms with Crippen molar-refractivity contribution in [1.29, 1.82) is 0 Å². The predicted octanol–water partition coefficient (Wildman–Crippen LogP) is 0.561. The van der Waals surface area contributed by atoms with E-state index in [-0.39, 0.29) is 6.01 Å². The molecule has 0 aliphatic carbocycles. The fraction of sp³-hybridized carbons (Fsp3) is 0.571. The van der Waals surface area contributed by atoms with Crippen LogP contribution in [0.5, 0.6) is 6.01 Å². The number of hydrogen-bond acceptors (Lipinski definition) is 3. The second-order valence-corrected chi connectivity index (χ2v) is 4.50. The van der Waals surface area contributed by atoms with Gasteiger partial charge in [0.15, 0.2) is 0 Å². The van der Waals surface area contributed by atoms with Gasteiger partial charge in [-0.05, 0) is 6.92 Å². The fourth-order valence-electron chi connectivity index (χ4n) is 1.00. The average molecular weight is 259 g/mol. The summed E-state index contributed by atoms with van der Waals surface area (Å²) in [5.41, 5.74) is -5.43. The van der Waals surface area contributed by atoms with Gasteiger partial charge in [0.1, 0.15) is 12.4 Å². The highest BCUT2D eigenvalue weighted by Crippen LogP contribution is 2.25. The first kappa shape index (κ1) is 12.8. The number of aryl methyl sites for hydroxylation is 2. The van der Waals surface area contributed by atoms with Crippen molar-refractivity contribution >= 4 is 10.1 Å². The zero-order valence-electron chi connectivity index (χ0n) is 8.52. The van der Waals surface area contributed by atoms with Gasteiger partial charge in [-0.25, -0.2) is 0 Å². The Kier molecular flexibility index (Phi) is 3.17.